The van der Waals surface area contributed by atoms with Crippen LogP contribution in [0.15, 0.2) is 41.3 Å². The molecule has 2 fully saturated rings. The van der Waals surface area contributed by atoms with Gasteiger partial charge in [-0.25, -0.2) is 4.98 Å². The van der Waals surface area contributed by atoms with E-state index in [1.54, 1.807) is 6.20 Å². The van der Waals surface area contributed by atoms with Crippen LogP contribution in [-0.4, -0.2) is 23.0 Å². The molecular weight excluding hydrogens is 266 g/mol. The minimum atomic E-state index is 0.0951. The number of hydrogen-bond donors (Lipinski definition) is 2. The van der Waals surface area contributed by atoms with Gasteiger partial charge in [-0.05, 0) is 31.4 Å². The summed E-state index contributed by atoms with van der Waals surface area (Å²) in [5.41, 5.74) is 1.72. The van der Waals surface area contributed by atoms with Crippen molar-refractivity contribution in [2.45, 2.75) is 31.3 Å². The molecule has 2 aliphatic rings. The number of nitrogens with zero attached hydrogens (tertiary/aromatic N) is 1. The molecule has 0 spiro atoms. The highest BCUT2D eigenvalue weighted by Crippen LogP contribution is 2.34. The van der Waals surface area contributed by atoms with Gasteiger partial charge in [0.2, 0.25) is 5.91 Å². The van der Waals surface area contributed by atoms with Gasteiger partial charge in [0.15, 0.2) is 12.2 Å². The molecule has 1 aromatic carbocycles. The topological polar surface area (TPSA) is 67.2 Å². The number of rotatable bonds is 3. The second kappa shape index (κ2) is 5.00. The maximum absolute atomic E-state index is 12.4. The van der Waals surface area contributed by atoms with Gasteiger partial charge >= 0.3 is 0 Å². The Labute approximate surface area is 122 Å². The lowest BCUT2D eigenvalue weighted by Gasteiger charge is -2.19. The van der Waals surface area contributed by atoms with Crippen LogP contribution < -0.4 is 10.6 Å². The molecule has 4 rings (SSSR count). The van der Waals surface area contributed by atoms with Crippen molar-refractivity contribution in [3.05, 3.63) is 36.9 Å². The zero-order valence-corrected chi connectivity index (χ0v) is 11.6. The summed E-state index contributed by atoms with van der Waals surface area (Å²) >= 11 is 0. The largest absolute Gasteiger partial charge is 0.444 e. The fourth-order valence-corrected chi connectivity index (χ4v) is 3.46. The number of fused-ring (bicyclic) bond motifs is 2. The third kappa shape index (κ3) is 2.34. The van der Waals surface area contributed by atoms with E-state index in [2.05, 4.69) is 15.6 Å². The fraction of sp³-hybridized carbons (Fsp3) is 0.375. The number of anilines is 1. The van der Waals surface area contributed by atoms with Crippen LogP contribution in [0.25, 0.3) is 11.3 Å². The van der Waals surface area contributed by atoms with Crippen LogP contribution in [0, 0.1) is 5.92 Å². The smallest absolute Gasteiger partial charge is 0.229 e. The lowest BCUT2D eigenvalue weighted by molar-refractivity contribution is -0.120. The summed E-state index contributed by atoms with van der Waals surface area (Å²) in [4.78, 5) is 16.3. The van der Waals surface area contributed by atoms with E-state index in [1.807, 2.05) is 24.3 Å². The van der Waals surface area contributed by atoms with E-state index in [9.17, 15) is 4.79 Å². The number of nitrogens with one attached hydrogen (secondary N) is 2. The van der Waals surface area contributed by atoms with Gasteiger partial charge in [0, 0.05) is 23.3 Å². The summed E-state index contributed by atoms with van der Waals surface area (Å²) in [5.74, 6) is 0.912. The predicted octanol–water partition coefficient (Wildman–Crippen LogP) is 2.42. The summed E-state index contributed by atoms with van der Waals surface area (Å²) in [7, 11) is 0. The number of hydrogen-bond acceptors (Lipinski definition) is 4. The molecule has 0 saturated carbocycles. The van der Waals surface area contributed by atoms with Gasteiger partial charge in [-0.3, -0.25) is 4.79 Å². The summed E-state index contributed by atoms with van der Waals surface area (Å²) < 4.78 is 5.29. The summed E-state index contributed by atoms with van der Waals surface area (Å²) in [6.45, 7) is 0. The van der Waals surface area contributed by atoms with E-state index >= 15 is 0 Å². The van der Waals surface area contributed by atoms with Gasteiger partial charge in [0.05, 0.1) is 12.1 Å². The molecule has 3 heterocycles. The van der Waals surface area contributed by atoms with E-state index in [0.29, 0.717) is 17.8 Å². The molecule has 2 N–H and O–H groups in total. The van der Waals surface area contributed by atoms with Crippen LogP contribution in [0.3, 0.4) is 0 Å². The standard InChI is InChI=1S/C16H17N3O2/c20-16(13-7-12-4-5-14(13)18-12)19-11-3-1-2-10(6-11)15-8-17-9-21-15/h1-3,6,8-9,12-14,18H,4-5,7H2,(H,19,20). The molecule has 1 amide bonds. The van der Waals surface area contributed by atoms with Gasteiger partial charge in [-0.15, -0.1) is 0 Å². The van der Waals surface area contributed by atoms with Crippen molar-refractivity contribution in [3.63, 3.8) is 0 Å². The molecule has 2 saturated heterocycles. The number of carbonyl (C=O) groups is 1. The van der Waals surface area contributed by atoms with E-state index in [-0.39, 0.29) is 11.8 Å². The lowest BCUT2D eigenvalue weighted by Crippen LogP contribution is -2.32. The minimum absolute atomic E-state index is 0.0951. The SMILES string of the molecule is O=C(Nc1cccc(-c2cnco2)c1)C1CC2CCC1N2. The second-order valence-electron chi connectivity index (χ2n) is 5.83. The van der Waals surface area contributed by atoms with Crippen molar-refractivity contribution in [1.82, 2.24) is 10.3 Å². The Morgan fingerprint density at radius 3 is 3.05 bits per heavy atom. The van der Waals surface area contributed by atoms with Gasteiger partial charge in [-0.2, -0.15) is 0 Å². The van der Waals surface area contributed by atoms with Crippen LogP contribution >= 0.6 is 0 Å². The molecule has 3 unspecified atom stereocenters. The Balaban J connectivity index is 1.50. The molecule has 0 radical (unpaired) electrons. The minimum Gasteiger partial charge on any atom is -0.444 e. The molecule has 21 heavy (non-hydrogen) atoms. The number of aromatic nitrogens is 1. The highest BCUT2D eigenvalue weighted by Gasteiger charge is 2.42. The predicted molar refractivity (Wildman–Crippen MR) is 78.6 cm³/mol. The maximum atomic E-state index is 12.4. The van der Waals surface area contributed by atoms with Crippen molar-refractivity contribution >= 4 is 11.6 Å². The lowest BCUT2D eigenvalue weighted by atomic mass is 9.88. The number of amides is 1. The molecule has 1 aromatic heterocycles. The van der Waals surface area contributed by atoms with Crippen LogP contribution in [0.1, 0.15) is 19.3 Å². The van der Waals surface area contributed by atoms with Gasteiger partial charge in [0.1, 0.15) is 0 Å². The molecule has 2 aliphatic heterocycles. The first-order chi connectivity index (χ1) is 10.3. The molecule has 2 bridgehead atoms. The van der Waals surface area contributed by atoms with E-state index < -0.39 is 0 Å². The molecule has 108 valence electrons. The second-order valence-corrected chi connectivity index (χ2v) is 5.83. The molecule has 5 nitrogen and oxygen atoms in total. The van der Waals surface area contributed by atoms with Gasteiger partial charge in [-0.1, -0.05) is 12.1 Å². The van der Waals surface area contributed by atoms with Crippen molar-refractivity contribution in [1.29, 1.82) is 0 Å². The van der Waals surface area contributed by atoms with Crippen molar-refractivity contribution < 1.29 is 9.21 Å². The highest BCUT2D eigenvalue weighted by atomic mass is 16.3. The third-order valence-electron chi connectivity index (χ3n) is 4.48. The third-order valence-corrected chi connectivity index (χ3v) is 4.48. The Kier molecular flexibility index (Phi) is 3.00. The van der Waals surface area contributed by atoms with Crippen molar-refractivity contribution in [3.8, 4) is 11.3 Å². The molecular formula is C16H17N3O2. The normalized spacial score (nSPS) is 27.0. The zero-order valence-electron chi connectivity index (χ0n) is 11.6. The number of carbonyl (C=O) groups excluding carboxylic acids is 1. The van der Waals surface area contributed by atoms with Crippen molar-refractivity contribution in [2.24, 2.45) is 5.92 Å². The monoisotopic (exact) mass is 283 g/mol. The average Bonchev–Trinajstić information content (AvgIpc) is 3.24. The van der Waals surface area contributed by atoms with E-state index in [0.717, 1.165) is 24.1 Å². The Morgan fingerprint density at radius 2 is 2.33 bits per heavy atom. The van der Waals surface area contributed by atoms with E-state index in [4.69, 9.17) is 4.42 Å². The zero-order chi connectivity index (χ0) is 14.2. The highest BCUT2D eigenvalue weighted by molar-refractivity contribution is 5.94. The van der Waals surface area contributed by atoms with Gasteiger partial charge in [0.25, 0.3) is 0 Å². The molecule has 5 heteroatoms. The van der Waals surface area contributed by atoms with Crippen LogP contribution in [0.5, 0.6) is 0 Å². The summed E-state index contributed by atoms with van der Waals surface area (Å²) in [6.07, 6.45) is 6.34. The quantitative estimate of drug-likeness (QED) is 0.908. The first kappa shape index (κ1) is 12.6. The first-order valence-electron chi connectivity index (χ1n) is 7.35. The van der Waals surface area contributed by atoms with Gasteiger partial charge < -0.3 is 15.1 Å². The maximum Gasteiger partial charge on any atom is 0.229 e. The average molecular weight is 283 g/mol. The first-order valence-corrected chi connectivity index (χ1v) is 7.35. The molecule has 0 aliphatic carbocycles. The number of benzene rings is 1. The number of oxazole rings is 1. The summed E-state index contributed by atoms with van der Waals surface area (Å²) in [5, 5.41) is 6.52. The van der Waals surface area contributed by atoms with Crippen LogP contribution in [0.2, 0.25) is 0 Å². The van der Waals surface area contributed by atoms with E-state index in [1.165, 1.54) is 12.8 Å². The summed E-state index contributed by atoms with van der Waals surface area (Å²) in [6, 6.07) is 8.55. The van der Waals surface area contributed by atoms with Crippen LogP contribution in [-0.2, 0) is 4.79 Å². The fourth-order valence-electron chi connectivity index (χ4n) is 3.46. The Hall–Kier alpha value is -2.14. The molecule has 2 aromatic rings. The Morgan fingerprint density at radius 1 is 1.38 bits per heavy atom. The Bertz CT molecular complexity index is 653. The van der Waals surface area contributed by atoms with Crippen molar-refractivity contribution in [2.75, 3.05) is 5.32 Å². The molecule has 3 atom stereocenters. The van der Waals surface area contributed by atoms with Crippen LogP contribution in [0.4, 0.5) is 5.69 Å².